The standard InChI is InChI=1S/C33H26S.C27H26.C2H6/c1-3-4-5-6-12-21-33(24-13-8-7-9-14-24)28-20-19-26-25-15-10-11-16-30(25)34-32(26)31(28)27-18-17-23(2)22-29(27)33;1-5-7-11-22(6-2)24-16-14-20(3)26(18-24)27-19-25(17-15-21(27)4)23-12-9-8-10-13-23;1-2/h3-20,22H,1,21H2,2H3;1,6-9,11-12,14-19H,10,13H2,2-4H3;1-2H3/b5-4-,12-6-;11-7-,22-6+;. The summed E-state index contributed by atoms with van der Waals surface area (Å²) in [6.07, 6.45) is 31.3. The van der Waals surface area contributed by atoms with E-state index in [1.807, 2.05) is 50.3 Å². The predicted molar refractivity (Wildman–Crippen MR) is 280 cm³/mol. The summed E-state index contributed by atoms with van der Waals surface area (Å²) in [5.41, 5.74) is 18.3. The number of rotatable bonds is 9. The molecule has 63 heavy (non-hydrogen) atoms. The first-order valence-electron chi connectivity index (χ1n) is 22.3. The molecule has 0 aliphatic heterocycles. The van der Waals surface area contributed by atoms with Crippen molar-refractivity contribution in [3.63, 3.8) is 0 Å². The zero-order chi connectivity index (χ0) is 44.3. The van der Waals surface area contributed by atoms with E-state index in [0.29, 0.717) is 0 Å². The lowest BCUT2D eigenvalue weighted by Crippen LogP contribution is -2.26. The van der Waals surface area contributed by atoms with Crippen LogP contribution in [-0.4, -0.2) is 0 Å². The van der Waals surface area contributed by atoms with Crippen molar-refractivity contribution in [3.05, 3.63) is 239 Å². The van der Waals surface area contributed by atoms with E-state index >= 15 is 0 Å². The molecule has 0 saturated heterocycles. The molecular weight excluding hydrogens is 777 g/mol. The maximum absolute atomic E-state index is 5.39. The minimum absolute atomic E-state index is 0.221. The number of thiophene rings is 1. The lowest BCUT2D eigenvalue weighted by atomic mass is 9.70. The molecule has 2 aliphatic rings. The maximum Gasteiger partial charge on any atom is 0.0498 e. The minimum Gasteiger partial charge on any atom is -0.135 e. The molecule has 1 atom stereocenters. The van der Waals surface area contributed by atoms with Crippen LogP contribution in [0.2, 0.25) is 0 Å². The van der Waals surface area contributed by atoms with Crippen LogP contribution in [0.5, 0.6) is 0 Å². The Morgan fingerprint density at radius 2 is 1.52 bits per heavy atom. The van der Waals surface area contributed by atoms with Crippen molar-refractivity contribution in [2.75, 3.05) is 0 Å². The fourth-order valence-corrected chi connectivity index (χ4v) is 10.4. The molecule has 6 aromatic carbocycles. The van der Waals surface area contributed by atoms with Gasteiger partial charge < -0.3 is 0 Å². The highest BCUT2D eigenvalue weighted by atomic mass is 32.1. The van der Waals surface area contributed by atoms with Gasteiger partial charge in [0.25, 0.3) is 0 Å². The minimum atomic E-state index is -0.221. The molecule has 1 aromatic heterocycles. The molecule has 2 aliphatic carbocycles. The summed E-state index contributed by atoms with van der Waals surface area (Å²) in [4.78, 5) is 0. The predicted octanol–water partition coefficient (Wildman–Crippen LogP) is 17.7. The smallest absolute Gasteiger partial charge is 0.0498 e. The molecule has 1 unspecified atom stereocenters. The van der Waals surface area contributed by atoms with Crippen molar-refractivity contribution in [1.29, 1.82) is 0 Å². The molecule has 0 spiro atoms. The van der Waals surface area contributed by atoms with Crippen molar-refractivity contribution in [3.8, 4) is 34.6 Å². The van der Waals surface area contributed by atoms with Gasteiger partial charge in [-0.3, -0.25) is 0 Å². The Bertz CT molecular complexity index is 3000. The van der Waals surface area contributed by atoms with Crippen LogP contribution in [0.4, 0.5) is 0 Å². The molecule has 0 nitrogen and oxygen atoms in total. The first kappa shape index (κ1) is 44.3. The summed E-state index contributed by atoms with van der Waals surface area (Å²) < 4.78 is 2.75. The third-order valence-corrected chi connectivity index (χ3v) is 13.5. The highest BCUT2D eigenvalue weighted by Gasteiger charge is 2.44. The van der Waals surface area contributed by atoms with E-state index in [-0.39, 0.29) is 5.41 Å². The summed E-state index contributed by atoms with van der Waals surface area (Å²) in [7, 11) is 0. The van der Waals surface area contributed by atoms with Crippen LogP contribution in [0.15, 0.2) is 195 Å². The molecule has 9 rings (SSSR count). The van der Waals surface area contributed by atoms with Crippen LogP contribution < -0.4 is 0 Å². The summed E-state index contributed by atoms with van der Waals surface area (Å²) in [6, 6.07) is 45.1. The zero-order valence-electron chi connectivity index (χ0n) is 37.7. The van der Waals surface area contributed by atoms with E-state index in [2.05, 4.69) is 197 Å². The van der Waals surface area contributed by atoms with Crippen LogP contribution in [0.1, 0.15) is 84.5 Å². The first-order chi connectivity index (χ1) is 30.9. The molecule has 0 bridgehead atoms. The molecule has 312 valence electrons. The van der Waals surface area contributed by atoms with Crippen LogP contribution >= 0.6 is 11.3 Å². The average Bonchev–Trinajstić information content (AvgIpc) is 3.84. The molecular formula is C62H58S. The first-order valence-corrected chi connectivity index (χ1v) is 23.1. The van der Waals surface area contributed by atoms with Gasteiger partial charge in [0.15, 0.2) is 0 Å². The Morgan fingerprint density at radius 3 is 2.27 bits per heavy atom. The second kappa shape index (κ2) is 20.4. The number of fused-ring (bicyclic) bond motifs is 7. The highest BCUT2D eigenvalue weighted by Crippen LogP contribution is 2.58. The SMILES string of the molecule is C#C/C=C\C(=C/C)c1ccc(C)c(-c2cc(C3=CC=CCC3)ccc2C)c1.C=C/C=C\C=C/CC1(c2ccccc2)c2cc(C)ccc2-c2c1ccc1c2sc2ccccc21.CC. The van der Waals surface area contributed by atoms with Gasteiger partial charge in [0, 0.05) is 31.2 Å². The second-order valence-corrected chi connectivity index (χ2v) is 17.1. The Morgan fingerprint density at radius 1 is 0.762 bits per heavy atom. The third-order valence-electron chi connectivity index (χ3n) is 12.2. The van der Waals surface area contributed by atoms with Gasteiger partial charge in [0.05, 0.1) is 0 Å². The summed E-state index contributed by atoms with van der Waals surface area (Å²) in [6.45, 7) is 16.4. The molecule has 0 radical (unpaired) electrons. The lowest BCUT2D eigenvalue weighted by molar-refractivity contribution is 0.645. The Hall–Kier alpha value is -6.72. The molecule has 0 fully saturated rings. The molecule has 0 amide bonds. The molecule has 0 saturated carbocycles. The lowest BCUT2D eigenvalue weighted by Gasteiger charge is -2.32. The molecule has 0 N–H and O–H groups in total. The van der Waals surface area contributed by atoms with Gasteiger partial charge in [-0.05, 0) is 144 Å². The van der Waals surface area contributed by atoms with Gasteiger partial charge in [0.1, 0.15) is 0 Å². The zero-order valence-corrected chi connectivity index (χ0v) is 38.5. The van der Waals surface area contributed by atoms with Gasteiger partial charge in [-0.1, -0.05) is 190 Å². The van der Waals surface area contributed by atoms with Crippen molar-refractivity contribution in [1.82, 2.24) is 0 Å². The number of benzene rings is 6. The van der Waals surface area contributed by atoms with E-state index in [4.69, 9.17) is 6.42 Å². The second-order valence-electron chi connectivity index (χ2n) is 16.0. The monoisotopic (exact) mass is 834 g/mol. The fraction of sp³-hybridized carbons (Fsp3) is 0.161. The van der Waals surface area contributed by atoms with Gasteiger partial charge in [-0.2, -0.15) is 0 Å². The molecule has 7 aromatic rings. The number of hydrogen-bond donors (Lipinski definition) is 0. The highest BCUT2D eigenvalue weighted by molar-refractivity contribution is 7.26. The summed E-state index contributed by atoms with van der Waals surface area (Å²) in [5, 5.41) is 2.71. The van der Waals surface area contributed by atoms with E-state index in [1.54, 1.807) is 6.08 Å². The van der Waals surface area contributed by atoms with E-state index in [0.717, 1.165) is 24.8 Å². The third kappa shape index (κ3) is 8.97. The Balaban J connectivity index is 0.000000187. The number of terminal acetylenes is 1. The summed E-state index contributed by atoms with van der Waals surface area (Å²) in [5.74, 6) is 2.58. The van der Waals surface area contributed by atoms with Crippen molar-refractivity contribution in [2.45, 2.75) is 66.2 Å². The Kier molecular flexibility index (Phi) is 14.4. The van der Waals surface area contributed by atoms with Gasteiger partial charge >= 0.3 is 0 Å². The van der Waals surface area contributed by atoms with Gasteiger partial charge in [-0.15, -0.1) is 17.8 Å². The van der Waals surface area contributed by atoms with Crippen LogP contribution in [0.3, 0.4) is 0 Å². The Labute approximate surface area is 380 Å². The van der Waals surface area contributed by atoms with Crippen LogP contribution in [-0.2, 0) is 5.41 Å². The number of hydrogen-bond acceptors (Lipinski definition) is 1. The van der Waals surface area contributed by atoms with Crippen molar-refractivity contribution < 1.29 is 0 Å². The average molecular weight is 835 g/mol. The number of allylic oxidation sites excluding steroid dienone is 13. The fourth-order valence-electron chi connectivity index (χ4n) is 9.17. The number of aryl methyl sites for hydroxylation is 3. The van der Waals surface area contributed by atoms with E-state index in [9.17, 15) is 0 Å². The maximum atomic E-state index is 5.39. The molecule has 1 heterocycles. The largest absolute Gasteiger partial charge is 0.135 e. The quantitative estimate of drug-likeness (QED) is 0.100. The van der Waals surface area contributed by atoms with Gasteiger partial charge in [0.2, 0.25) is 0 Å². The normalized spacial score (nSPS) is 15.4. The van der Waals surface area contributed by atoms with Gasteiger partial charge in [-0.25, -0.2) is 0 Å². The molecule has 1 heteroatoms. The van der Waals surface area contributed by atoms with E-state index in [1.165, 1.54) is 92.5 Å². The summed E-state index contributed by atoms with van der Waals surface area (Å²) >= 11 is 1.93. The topological polar surface area (TPSA) is 0 Å². The van der Waals surface area contributed by atoms with Crippen molar-refractivity contribution in [2.24, 2.45) is 0 Å². The van der Waals surface area contributed by atoms with E-state index < -0.39 is 0 Å². The van der Waals surface area contributed by atoms with Crippen LogP contribution in [0.25, 0.3) is 53.6 Å². The van der Waals surface area contributed by atoms with Crippen molar-refractivity contribution >= 4 is 42.7 Å². The van der Waals surface area contributed by atoms with Crippen LogP contribution in [0, 0.1) is 33.1 Å².